The fraction of sp³-hybridized carbons (Fsp3) is 0.821. The van der Waals surface area contributed by atoms with Crippen molar-refractivity contribution in [2.75, 3.05) is 26.3 Å². The summed E-state index contributed by atoms with van der Waals surface area (Å²) in [5.41, 5.74) is -1.80. The first kappa shape index (κ1) is 27.1. The summed E-state index contributed by atoms with van der Waals surface area (Å²) in [5, 5.41) is 9.11. The maximum atomic E-state index is 14.4. The summed E-state index contributed by atoms with van der Waals surface area (Å²) in [6.07, 6.45) is 11.5. The molecule has 3 aliphatic heterocycles. The second-order valence-corrected chi connectivity index (χ2v) is 11.2. The number of likely N-dealkylation sites (tertiary alicyclic amines) is 1. The molecule has 2 unspecified atom stereocenters. The first-order valence-corrected chi connectivity index (χ1v) is 14.0. The third kappa shape index (κ3) is 4.60. The Morgan fingerprint density at radius 3 is 2.58 bits per heavy atom. The van der Waals surface area contributed by atoms with E-state index in [-0.39, 0.29) is 31.1 Å². The first-order chi connectivity index (χ1) is 17.3. The summed E-state index contributed by atoms with van der Waals surface area (Å²) in [7, 11) is 0. The summed E-state index contributed by atoms with van der Waals surface area (Å²) in [4.78, 5) is 45.2. The van der Waals surface area contributed by atoms with Crippen LogP contribution >= 0.6 is 0 Å². The molecular formula is C28H44N2O6. The van der Waals surface area contributed by atoms with Gasteiger partial charge >= 0.3 is 5.97 Å². The average Bonchev–Trinajstić information content (AvgIpc) is 3.43. The lowest BCUT2D eigenvalue weighted by atomic mass is 9.66. The van der Waals surface area contributed by atoms with Crippen LogP contribution in [0.25, 0.3) is 0 Å². The van der Waals surface area contributed by atoms with Gasteiger partial charge in [0.05, 0.1) is 18.1 Å². The number of nitrogens with zero attached hydrogens (tertiary/aromatic N) is 2. The molecule has 5 atom stereocenters. The van der Waals surface area contributed by atoms with Crippen LogP contribution < -0.4 is 0 Å². The van der Waals surface area contributed by atoms with Crippen LogP contribution in [-0.2, 0) is 23.9 Å². The van der Waals surface area contributed by atoms with Gasteiger partial charge in [-0.05, 0) is 52.4 Å². The number of ether oxygens (including phenoxy) is 2. The van der Waals surface area contributed by atoms with Gasteiger partial charge < -0.3 is 24.4 Å². The van der Waals surface area contributed by atoms with E-state index in [0.717, 1.165) is 51.4 Å². The van der Waals surface area contributed by atoms with Crippen LogP contribution in [0.2, 0.25) is 0 Å². The summed E-state index contributed by atoms with van der Waals surface area (Å²) in [6.45, 7) is 8.86. The van der Waals surface area contributed by atoms with Crippen LogP contribution in [0.3, 0.4) is 0 Å². The fourth-order valence-corrected chi connectivity index (χ4v) is 7.39. The summed E-state index contributed by atoms with van der Waals surface area (Å²) in [5.74, 6) is -2.01. The van der Waals surface area contributed by atoms with Gasteiger partial charge in [-0.2, -0.15) is 0 Å². The molecule has 8 heteroatoms. The largest absolute Gasteiger partial charge is 0.466 e. The molecule has 0 aromatic carbocycles. The van der Waals surface area contributed by atoms with Crippen LogP contribution in [0, 0.1) is 11.8 Å². The SMILES string of the molecule is C=CCN(C(=O)C1N(CCCCCCO)C(=O)[C@@H]2[C@H](C(=O)OCC)[C@]3(C)CCC12O3)C1CCCCC1. The molecular weight excluding hydrogens is 460 g/mol. The smallest absolute Gasteiger partial charge is 0.312 e. The number of aliphatic hydroxyl groups is 1. The van der Waals surface area contributed by atoms with E-state index in [9.17, 15) is 14.4 Å². The van der Waals surface area contributed by atoms with Crippen LogP contribution in [0.5, 0.6) is 0 Å². The zero-order chi connectivity index (χ0) is 25.9. The van der Waals surface area contributed by atoms with Crippen molar-refractivity contribution >= 4 is 17.8 Å². The maximum absolute atomic E-state index is 14.4. The lowest BCUT2D eigenvalue weighted by Gasteiger charge is -2.40. The van der Waals surface area contributed by atoms with Gasteiger partial charge in [-0.3, -0.25) is 14.4 Å². The average molecular weight is 505 g/mol. The van der Waals surface area contributed by atoms with Gasteiger partial charge in [0.15, 0.2) is 0 Å². The monoisotopic (exact) mass is 504 g/mol. The van der Waals surface area contributed by atoms with Crippen molar-refractivity contribution in [2.24, 2.45) is 11.8 Å². The minimum Gasteiger partial charge on any atom is -0.466 e. The molecule has 4 aliphatic rings. The van der Waals surface area contributed by atoms with E-state index in [4.69, 9.17) is 14.6 Å². The van der Waals surface area contributed by atoms with Gasteiger partial charge in [0.2, 0.25) is 11.8 Å². The third-order valence-electron chi connectivity index (χ3n) is 8.98. The van der Waals surface area contributed by atoms with Crippen molar-refractivity contribution in [3.8, 4) is 0 Å². The standard InChI is InChI=1S/C28H44N2O6/c1-4-17-29(20-13-9-8-10-14-20)25(33)23-28-16-15-27(3,36-28)22(26(34)35-5-2)21(28)24(32)30(23)18-11-6-7-12-19-31/h4,20-23,31H,1,5-19H2,2-3H3/t21-,22+,23?,27-,28?/m0/s1. The predicted octanol–water partition coefficient (Wildman–Crippen LogP) is 3.21. The van der Waals surface area contributed by atoms with E-state index in [1.807, 2.05) is 11.8 Å². The van der Waals surface area contributed by atoms with Crippen LogP contribution in [-0.4, -0.2) is 82.3 Å². The number of hydrogen-bond acceptors (Lipinski definition) is 6. The molecule has 36 heavy (non-hydrogen) atoms. The predicted molar refractivity (Wildman–Crippen MR) is 135 cm³/mol. The number of rotatable bonds is 12. The Balaban J connectivity index is 1.68. The van der Waals surface area contributed by atoms with Gasteiger partial charge in [-0.25, -0.2) is 0 Å². The maximum Gasteiger partial charge on any atom is 0.312 e. The number of amides is 2. The van der Waals surface area contributed by atoms with E-state index in [0.29, 0.717) is 25.9 Å². The van der Waals surface area contributed by atoms with Gasteiger partial charge in [0.1, 0.15) is 17.6 Å². The molecule has 202 valence electrons. The molecule has 2 bridgehead atoms. The highest BCUT2D eigenvalue weighted by molar-refractivity contribution is 5.98. The second kappa shape index (κ2) is 11.2. The topological polar surface area (TPSA) is 96.4 Å². The Morgan fingerprint density at radius 1 is 1.19 bits per heavy atom. The number of carbonyl (C=O) groups excluding carboxylic acids is 3. The molecule has 1 saturated carbocycles. The summed E-state index contributed by atoms with van der Waals surface area (Å²) in [6, 6.07) is -0.604. The Hall–Kier alpha value is -1.93. The van der Waals surface area contributed by atoms with Gasteiger partial charge in [-0.1, -0.05) is 38.2 Å². The molecule has 3 heterocycles. The minimum atomic E-state index is -1.00. The molecule has 4 fully saturated rings. The van der Waals surface area contributed by atoms with Crippen molar-refractivity contribution < 1.29 is 29.0 Å². The number of hydrogen-bond donors (Lipinski definition) is 1. The molecule has 0 radical (unpaired) electrons. The molecule has 0 aromatic heterocycles. The quantitative estimate of drug-likeness (QED) is 0.249. The van der Waals surface area contributed by atoms with Crippen molar-refractivity contribution in [1.29, 1.82) is 0 Å². The first-order valence-electron chi connectivity index (χ1n) is 14.0. The van der Waals surface area contributed by atoms with Crippen LogP contribution in [0.4, 0.5) is 0 Å². The molecule has 3 saturated heterocycles. The highest BCUT2D eigenvalue weighted by atomic mass is 16.6. The van der Waals surface area contributed by atoms with E-state index in [1.165, 1.54) is 6.42 Å². The summed E-state index contributed by atoms with van der Waals surface area (Å²) >= 11 is 0. The lowest BCUT2D eigenvalue weighted by Crippen LogP contribution is -2.58. The fourth-order valence-electron chi connectivity index (χ4n) is 7.39. The van der Waals surface area contributed by atoms with Crippen molar-refractivity contribution in [3.63, 3.8) is 0 Å². The van der Waals surface area contributed by atoms with E-state index < -0.39 is 35.0 Å². The Labute approximate surface area is 215 Å². The molecule has 8 nitrogen and oxygen atoms in total. The van der Waals surface area contributed by atoms with Gasteiger partial charge in [0, 0.05) is 25.7 Å². The molecule has 0 aromatic rings. The van der Waals surface area contributed by atoms with Gasteiger partial charge in [-0.15, -0.1) is 6.58 Å². The zero-order valence-corrected chi connectivity index (χ0v) is 22.1. The third-order valence-corrected chi connectivity index (χ3v) is 8.98. The molecule has 1 aliphatic carbocycles. The van der Waals surface area contributed by atoms with E-state index in [2.05, 4.69) is 6.58 Å². The number of unbranched alkanes of at least 4 members (excludes halogenated alkanes) is 3. The second-order valence-electron chi connectivity index (χ2n) is 11.2. The molecule has 1 N–H and O–H groups in total. The van der Waals surface area contributed by atoms with Crippen molar-refractivity contribution in [2.45, 2.75) is 108 Å². The number of carbonyl (C=O) groups is 3. The molecule has 4 rings (SSSR count). The number of fused-ring (bicyclic) bond motifs is 1. The Bertz CT molecular complexity index is 842. The van der Waals surface area contributed by atoms with Crippen LogP contribution in [0.1, 0.15) is 84.5 Å². The highest BCUT2D eigenvalue weighted by Crippen LogP contribution is 2.63. The summed E-state index contributed by atoms with van der Waals surface area (Å²) < 4.78 is 12.1. The van der Waals surface area contributed by atoms with Crippen molar-refractivity contribution in [1.82, 2.24) is 9.80 Å². The normalized spacial score (nSPS) is 33.6. The number of aliphatic hydroxyl groups excluding tert-OH is 1. The highest BCUT2D eigenvalue weighted by Gasteiger charge is 2.78. The molecule has 1 spiro atoms. The minimum absolute atomic E-state index is 0.0678. The lowest BCUT2D eigenvalue weighted by molar-refractivity contribution is -0.160. The van der Waals surface area contributed by atoms with Gasteiger partial charge in [0.25, 0.3) is 0 Å². The van der Waals surface area contributed by atoms with Crippen LogP contribution in [0.15, 0.2) is 12.7 Å². The van der Waals surface area contributed by atoms with E-state index >= 15 is 0 Å². The Morgan fingerprint density at radius 2 is 1.92 bits per heavy atom. The number of esters is 1. The van der Waals surface area contributed by atoms with E-state index in [1.54, 1.807) is 17.9 Å². The zero-order valence-electron chi connectivity index (χ0n) is 22.1. The Kier molecular flexibility index (Phi) is 8.45. The van der Waals surface area contributed by atoms with Crippen molar-refractivity contribution in [3.05, 3.63) is 12.7 Å². The molecule has 2 amide bonds.